The Kier molecular flexibility index (Phi) is 6.56. The Morgan fingerprint density at radius 1 is 1.03 bits per heavy atom. The third kappa shape index (κ3) is 4.90. The Balaban J connectivity index is 1.57. The van der Waals surface area contributed by atoms with Crippen LogP contribution in [0.5, 0.6) is 0 Å². The summed E-state index contributed by atoms with van der Waals surface area (Å²) in [5.74, 6) is -0.192. The number of carbonyl (C=O) groups excluding carboxylic acids is 2. The predicted octanol–water partition coefficient (Wildman–Crippen LogP) is 6.41. The van der Waals surface area contributed by atoms with Crippen molar-refractivity contribution in [3.63, 3.8) is 0 Å². The molecule has 0 spiro atoms. The minimum atomic E-state index is -0.276. The molecule has 1 saturated heterocycles. The van der Waals surface area contributed by atoms with Crippen LogP contribution in [0.4, 0.5) is 5.69 Å². The fourth-order valence-corrected chi connectivity index (χ4v) is 5.24. The van der Waals surface area contributed by atoms with E-state index in [4.69, 9.17) is 23.2 Å². The molecule has 0 saturated carbocycles. The second-order valence-electron chi connectivity index (χ2n) is 7.29. The van der Waals surface area contributed by atoms with Crippen LogP contribution >= 0.6 is 35.0 Å². The van der Waals surface area contributed by atoms with Crippen molar-refractivity contribution >= 4 is 52.5 Å². The van der Waals surface area contributed by atoms with Crippen molar-refractivity contribution in [2.75, 3.05) is 5.32 Å². The third-order valence-corrected chi connectivity index (χ3v) is 7.00. The summed E-state index contributed by atoms with van der Waals surface area (Å²) in [5.41, 5.74) is 2.99. The molecule has 1 fully saturated rings. The van der Waals surface area contributed by atoms with E-state index in [0.29, 0.717) is 27.8 Å². The van der Waals surface area contributed by atoms with Crippen LogP contribution in [0.3, 0.4) is 0 Å². The lowest BCUT2D eigenvalue weighted by Gasteiger charge is -2.25. The fourth-order valence-electron chi connectivity index (χ4n) is 3.54. The Labute approximate surface area is 195 Å². The molecule has 1 heterocycles. The number of thioether (sulfide) groups is 1. The fraction of sp³-hybridized carbons (Fsp3) is 0.167. The van der Waals surface area contributed by atoms with E-state index in [1.165, 1.54) is 0 Å². The lowest BCUT2D eigenvalue weighted by Crippen LogP contribution is -2.29. The molecule has 1 aliphatic heterocycles. The molecule has 0 radical (unpaired) electrons. The summed E-state index contributed by atoms with van der Waals surface area (Å²) in [5, 5.41) is 3.64. The van der Waals surface area contributed by atoms with E-state index in [-0.39, 0.29) is 22.4 Å². The number of amides is 2. The SMILES string of the molecule is CC1SC(c2cccc(NC(=O)c3ccccc3Cl)c2)N(Cc2cccc(Cl)c2)C1=O. The van der Waals surface area contributed by atoms with Gasteiger partial charge in [0.2, 0.25) is 5.91 Å². The Morgan fingerprint density at radius 3 is 2.58 bits per heavy atom. The number of hydrogen-bond acceptors (Lipinski definition) is 3. The molecule has 3 aromatic carbocycles. The summed E-state index contributed by atoms with van der Waals surface area (Å²) in [6.07, 6.45) is 0. The van der Waals surface area contributed by atoms with Crippen LogP contribution in [-0.4, -0.2) is 22.0 Å². The number of nitrogens with zero attached hydrogens (tertiary/aromatic N) is 1. The van der Waals surface area contributed by atoms with Gasteiger partial charge in [-0.05, 0) is 54.4 Å². The maximum Gasteiger partial charge on any atom is 0.257 e. The van der Waals surface area contributed by atoms with E-state index in [2.05, 4.69) is 5.32 Å². The van der Waals surface area contributed by atoms with Gasteiger partial charge >= 0.3 is 0 Å². The van der Waals surface area contributed by atoms with E-state index >= 15 is 0 Å². The molecular weight excluding hydrogens is 451 g/mol. The first-order chi connectivity index (χ1) is 14.9. The number of rotatable bonds is 5. The molecule has 3 aromatic rings. The minimum absolute atomic E-state index is 0.0838. The Bertz CT molecular complexity index is 1140. The van der Waals surface area contributed by atoms with Gasteiger partial charge in [-0.2, -0.15) is 0 Å². The Hall–Kier alpha value is -2.47. The lowest BCUT2D eigenvalue weighted by atomic mass is 10.1. The van der Waals surface area contributed by atoms with E-state index in [1.54, 1.807) is 36.0 Å². The molecule has 158 valence electrons. The topological polar surface area (TPSA) is 49.4 Å². The first kappa shape index (κ1) is 21.8. The average molecular weight is 471 g/mol. The van der Waals surface area contributed by atoms with E-state index in [1.807, 2.05) is 60.4 Å². The highest BCUT2D eigenvalue weighted by molar-refractivity contribution is 8.01. The molecule has 0 aliphatic carbocycles. The molecule has 7 heteroatoms. The number of anilines is 1. The van der Waals surface area contributed by atoms with Crippen LogP contribution < -0.4 is 5.32 Å². The van der Waals surface area contributed by atoms with Gasteiger partial charge in [0.15, 0.2) is 0 Å². The van der Waals surface area contributed by atoms with Gasteiger partial charge in [-0.1, -0.05) is 59.6 Å². The van der Waals surface area contributed by atoms with Crippen molar-refractivity contribution in [1.82, 2.24) is 4.90 Å². The van der Waals surface area contributed by atoms with Gasteiger partial charge < -0.3 is 10.2 Å². The van der Waals surface area contributed by atoms with E-state index in [0.717, 1.165) is 11.1 Å². The highest BCUT2D eigenvalue weighted by atomic mass is 35.5. The zero-order valence-corrected chi connectivity index (χ0v) is 19.0. The molecule has 0 aromatic heterocycles. The van der Waals surface area contributed by atoms with Crippen molar-refractivity contribution in [3.05, 3.63) is 99.5 Å². The smallest absolute Gasteiger partial charge is 0.257 e. The van der Waals surface area contributed by atoms with Gasteiger partial charge in [0.1, 0.15) is 5.37 Å². The summed E-state index contributed by atoms with van der Waals surface area (Å²) < 4.78 is 0. The van der Waals surface area contributed by atoms with Crippen molar-refractivity contribution in [3.8, 4) is 0 Å². The molecule has 31 heavy (non-hydrogen) atoms. The van der Waals surface area contributed by atoms with Crippen LogP contribution in [0.2, 0.25) is 10.0 Å². The molecule has 4 rings (SSSR count). The monoisotopic (exact) mass is 470 g/mol. The summed E-state index contributed by atoms with van der Waals surface area (Å²) in [7, 11) is 0. The molecule has 4 nitrogen and oxygen atoms in total. The highest BCUT2D eigenvalue weighted by Gasteiger charge is 2.38. The summed E-state index contributed by atoms with van der Waals surface area (Å²) in [6.45, 7) is 2.39. The van der Waals surface area contributed by atoms with Gasteiger partial charge in [0.05, 0.1) is 15.8 Å². The van der Waals surface area contributed by atoms with Gasteiger partial charge in [-0.25, -0.2) is 0 Å². The first-order valence-electron chi connectivity index (χ1n) is 9.78. The summed E-state index contributed by atoms with van der Waals surface area (Å²) >= 11 is 13.9. The second-order valence-corrected chi connectivity index (χ2v) is 9.56. The summed E-state index contributed by atoms with van der Waals surface area (Å²) in [6, 6.07) is 22.0. The number of benzene rings is 3. The van der Waals surface area contributed by atoms with Crippen LogP contribution in [-0.2, 0) is 11.3 Å². The molecule has 2 atom stereocenters. The zero-order chi connectivity index (χ0) is 22.0. The average Bonchev–Trinajstić information content (AvgIpc) is 3.03. The summed E-state index contributed by atoms with van der Waals surface area (Å²) in [4.78, 5) is 27.3. The van der Waals surface area contributed by atoms with Gasteiger partial charge in [-0.15, -0.1) is 11.8 Å². The van der Waals surface area contributed by atoms with Gasteiger partial charge in [-0.3, -0.25) is 9.59 Å². The van der Waals surface area contributed by atoms with E-state index in [9.17, 15) is 9.59 Å². The van der Waals surface area contributed by atoms with Gasteiger partial charge in [0.25, 0.3) is 5.91 Å². The maximum atomic E-state index is 12.9. The maximum absolute atomic E-state index is 12.9. The molecular formula is C24H20Cl2N2O2S. The normalized spacial score (nSPS) is 18.3. The number of carbonyl (C=O) groups is 2. The van der Waals surface area contributed by atoms with Crippen molar-refractivity contribution in [1.29, 1.82) is 0 Å². The van der Waals surface area contributed by atoms with Gasteiger partial charge in [0, 0.05) is 17.3 Å². The zero-order valence-electron chi connectivity index (χ0n) is 16.7. The lowest BCUT2D eigenvalue weighted by molar-refractivity contribution is -0.130. The largest absolute Gasteiger partial charge is 0.322 e. The van der Waals surface area contributed by atoms with Crippen molar-refractivity contribution in [2.45, 2.75) is 24.1 Å². The molecule has 1 aliphatic rings. The van der Waals surface area contributed by atoms with Crippen LogP contribution in [0.25, 0.3) is 0 Å². The predicted molar refractivity (Wildman–Crippen MR) is 128 cm³/mol. The minimum Gasteiger partial charge on any atom is -0.322 e. The van der Waals surface area contributed by atoms with Crippen LogP contribution in [0.1, 0.15) is 33.8 Å². The number of hydrogen-bond donors (Lipinski definition) is 1. The second kappa shape index (κ2) is 9.35. The van der Waals surface area contributed by atoms with Crippen molar-refractivity contribution < 1.29 is 9.59 Å². The Morgan fingerprint density at radius 2 is 1.81 bits per heavy atom. The number of nitrogens with one attached hydrogen (secondary N) is 1. The standard InChI is InChI=1S/C24H20Cl2N2O2S/c1-15-23(30)28(14-16-6-4-8-18(25)12-16)24(31-15)17-7-5-9-19(13-17)27-22(29)20-10-2-3-11-21(20)26/h2-13,15,24H,14H2,1H3,(H,27,29). The molecule has 1 N–H and O–H groups in total. The van der Waals surface area contributed by atoms with Crippen LogP contribution in [0.15, 0.2) is 72.8 Å². The first-order valence-corrected chi connectivity index (χ1v) is 11.5. The molecule has 2 amide bonds. The highest BCUT2D eigenvalue weighted by Crippen LogP contribution is 2.44. The third-order valence-electron chi connectivity index (χ3n) is 5.04. The van der Waals surface area contributed by atoms with E-state index < -0.39 is 0 Å². The quantitative estimate of drug-likeness (QED) is 0.468. The number of halogens is 2. The van der Waals surface area contributed by atoms with Crippen LogP contribution in [0, 0.1) is 0 Å². The molecule has 0 bridgehead atoms. The van der Waals surface area contributed by atoms with Crippen molar-refractivity contribution in [2.24, 2.45) is 0 Å². The molecule has 2 unspecified atom stereocenters.